The maximum absolute atomic E-state index is 12.6. The highest BCUT2D eigenvalue weighted by molar-refractivity contribution is 5.78. The number of aromatic nitrogens is 2. The molecule has 0 saturated carbocycles. The lowest BCUT2D eigenvalue weighted by Crippen LogP contribution is -2.50. The maximum atomic E-state index is 12.6. The van der Waals surface area contributed by atoms with E-state index >= 15 is 0 Å². The number of carbonyl (C=O) groups is 1. The molecular formula is C24H24N4O4. The lowest BCUT2D eigenvalue weighted by Gasteiger charge is -2.35. The van der Waals surface area contributed by atoms with Gasteiger partial charge >= 0.3 is 0 Å². The third-order valence-corrected chi connectivity index (χ3v) is 5.73. The average molecular weight is 432 g/mol. The first-order chi connectivity index (χ1) is 15.7. The largest absolute Gasteiger partial charge is 0.484 e. The number of aryl methyl sites for hydroxylation is 1. The first-order valence-corrected chi connectivity index (χ1v) is 10.6. The predicted molar refractivity (Wildman–Crippen MR) is 119 cm³/mol. The number of benzene rings is 2. The number of rotatable bonds is 5. The third-order valence-electron chi connectivity index (χ3n) is 5.73. The first-order valence-electron chi connectivity index (χ1n) is 10.6. The van der Waals surface area contributed by atoms with Gasteiger partial charge in [-0.05, 0) is 36.8 Å². The smallest absolute Gasteiger partial charge is 0.260 e. The topological polar surface area (TPSA) is 77.0 Å². The van der Waals surface area contributed by atoms with Crippen LogP contribution in [0.2, 0.25) is 0 Å². The van der Waals surface area contributed by atoms with Crippen LogP contribution in [0.5, 0.6) is 17.2 Å². The summed E-state index contributed by atoms with van der Waals surface area (Å²) in [5.74, 6) is 2.70. The van der Waals surface area contributed by atoms with E-state index in [4.69, 9.17) is 14.2 Å². The van der Waals surface area contributed by atoms with Gasteiger partial charge in [0.2, 0.25) is 6.79 Å². The van der Waals surface area contributed by atoms with Crippen LogP contribution in [0.25, 0.3) is 11.3 Å². The van der Waals surface area contributed by atoms with E-state index in [1.165, 1.54) is 5.56 Å². The Morgan fingerprint density at radius 2 is 1.78 bits per heavy atom. The van der Waals surface area contributed by atoms with E-state index in [0.717, 1.165) is 17.1 Å². The Labute approximate surface area is 186 Å². The molecule has 164 valence electrons. The van der Waals surface area contributed by atoms with Crippen LogP contribution in [-0.4, -0.2) is 60.6 Å². The third kappa shape index (κ3) is 4.16. The lowest BCUT2D eigenvalue weighted by atomic mass is 10.1. The van der Waals surface area contributed by atoms with Crippen molar-refractivity contribution < 1.29 is 19.0 Å². The van der Waals surface area contributed by atoms with Crippen molar-refractivity contribution in [1.29, 1.82) is 0 Å². The number of ether oxygens (including phenoxy) is 3. The molecule has 8 nitrogen and oxygen atoms in total. The number of hydrogen-bond acceptors (Lipinski definition) is 7. The van der Waals surface area contributed by atoms with Gasteiger partial charge in [0.25, 0.3) is 5.91 Å². The Morgan fingerprint density at radius 3 is 2.56 bits per heavy atom. The van der Waals surface area contributed by atoms with Crippen molar-refractivity contribution in [2.45, 2.75) is 6.92 Å². The van der Waals surface area contributed by atoms with Crippen molar-refractivity contribution in [3.63, 3.8) is 0 Å². The molecule has 32 heavy (non-hydrogen) atoms. The molecule has 0 spiro atoms. The lowest BCUT2D eigenvalue weighted by molar-refractivity contribution is -0.133. The van der Waals surface area contributed by atoms with Crippen LogP contribution in [0.3, 0.4) is 0 Å². The number of nitrogens with zero attached hydrogens (tertiary/aromatic N) is 4. The average Bonchev–Trinajstić information content (AvgIpc) is 3.31. The van der Waals surface area contributed by atoms with Crippen molar-refractivity contribution in [3.8, 4) is 28.5 Å². The quantitative estimate of drug-likeness (QED) is 0.614. The number of fused-ring (bicyclic) bond motifs is 1. The molecule has 0 atom stereocenters. The fraction of sp³-hybridized carbons (Fsp3) is 0.292. The van der Waals surface area contributed by atoms with Crippen LogP contribution in [0, 0.1) is 6.92 Å². The second-order valence-corrected chi connectivity index (χ2v) is 7.76. The van der Waals surface area contributed by atoms with Crippen LogP contribution in [0.15, 0.2) is 54.6 Å². The summed E-state index contributed by atoms with van der Waals surface area (Å²) in [5, 5.41) is 8.84. The van der Waals surface area contributed by atoms with E-state index in [1.54, 1.807) is 18.2 Å². The Morgan fingerprint density at radius 1 is 0.969 bits per heavy atom. The molecule has 8 heteroatoms. The minimum atomic E-state index is -0.0386. The van der Waals surface area contributed by atoms with Gasteiger partial charge < -0.3 is 24.0 Å². The molecule has 2 aliphatic heterocycles. The molecule has 1 fully saturated rings. The SMILES string of the molecule is Cc1ccccc1-c1ccc(N2CCN(C(=O)COc3ccc4c(c3)OCO4)CC2)nn1. The Bertz CT molecular complexity index is 1110. The standard InChI is InChI=1S/C24H24N4O4/c1-17-4-2-3-5-19(17)20-7-9-23(26-25-20)27-10-12-28(13-11-27)24(29)15-30-18-6-8-21-22(14-18)32-16-31-21/h2-9,14H,10-13,15-16H2,1H3. The summed E-state index contributed by atoms with van der Waals surface area (Å²) >= 11 is 0. The molecule has 0 bridgehead atoms. The molecule has 1 amide bonds. The molecule has 0 radical (unpaired) electrons. The van der Waals surface area contributed by atoms with Gasteiger partial charge in [0.05, 0.1) is 5.69 Å². The van der Waals surface area contributed by atoms with Crippen LogP contribution >= 0.6 is 0 Å². The minimum absolute atomic E-state index is 0.00935. The second-order valence-electron chi connectivity index (χ2n) is 7.76. The molecule has 0 unspecified atom stereocenters. The molecule has 1 saturated heterocycles. The zero-order chi connectivity index (χ0) is 21.9. The van der Waals surface area contributed by atoms with Crippen molar-refractivity contribution in [2.24, 2.45) is 0 Å². The molecule has 5 rings (SSSR count). The molecular weight excluding hydrogens is 408 g/mol. The highest BCUT2D eigenvalue weighted by Gasteiger charge is 2.23. The molecule has 0 N–H and O–H groups in total. The second kappa shape index (κ2) is 8.74. The van der Waals surface area contributed by atoms with E-state index in [-0.39, 0.29) is 19.3 Å². The number of hydrogen-bond donors (Lipinski definition) is 0. The molecule has 1 aromatic heterocycles. The number of amides is 1. The molecule has 0 aliphatic carbocycles. The van der Waals surface area contributed by atoms with Gasteiger partial charge in [-0.15, -0.1) is 10.2 Å². The summed E-state index contributed by atoms with van der Waals surface area (Å²) in [4.78, 5) is 16.5. The Hall–Kier alpha value is -3.81. The highest BCUT2D eigenvalue weighted by Crippen LogP contribution is 2.35. The van der Waals surface area contributed by atoms with Crippen LogP contribution in [0.4, 0.5) is 5.82 Å². The number of carbonyl (C=O) groups excluding carboxylic acids is 1. The van der Waals surface area contributed by atoms with Gasteiger partial charge in [-0.1, -0.05) is 24.3 Å². The minimum Gasteiger partial charge on any atom is -0.484 e. The summed E-state index contributed by atoms with van der Waals surface area (Å²) in [7, 11) is 0. The van der Waals surface area contributed by atoms with Gasteiger partial charge in [0.15, 0.2) is 23.9 Å². The molecule has 3 heterocycles. The Balaban J connectivity index is 1.14. The fourth-order valence-corrected chi connectivity index (χ4v) is 3.89. The fourth-order valence-electron chi connectivity index (χ4n) is 3.89. The van der Waals surface area contributed by atoms with Gasteiger partial charge in [-0.2, -0.15) is 0 Å². The summed E-state index contributed by atoms with van der Waals surface area (Å²) in [6.45, 7) is 4.90. The van der Waals surface area contributed by atoms with E-state index < -0.39 is 0 Å². The van der Waals surface area contributed by atoms with E-state index in [1.807, 2.05) is 29.2 Å². The Kier molecular flexibility index (Phi) is 5.49. The van der Waals surface area contributed by atoms with Crippen LogP contribution in [0.1, 0.15) is 5.56 Å². The van der Waals surface area contributed by atoms with Crippen molar-refractivity contribution in [1.82, 2.24) is 15.1 Å². The van der Waals surface area contributed by atoms with Gasteiger partial charge in [0, 0.05) is 37.8 Å². The van der Waals surface area contributed by atoms with Gasteiger partial charge in [-0.3, -0.25) is 4.79 Å². The van der Waals surface area contributed by atoms with E-state index in [9.17, 15) is 4.79 Å². The maximum Gasteiger partial charge on any atom is 0.260 e. The van der Waals surface area contributed by atoms with E-state index in [0.29, 0.717) is 43.4 Å². The molecule has 2 aromatic carbocycles. The zero-order valence-corrected chi connectivity index (χ0v) is 17.9. The summed E-state index contributed by atoms with van der Waals surface area (Å²) in [5.41, 5.74) is 3.12. The zero-order valence-electron chi connectivity index (χ0n) is 17.9. The van der Waals surface area contributed by atoms with Crippen molar-refractivity contribution in [2.75, 3.05) is 44.5 Å². The van der Waals surface area contributed by atoms with Gasteiger partial charge in [0.1, 0.15) is 5.75 Å². The normalized spacial score (nSPS) is 15.0. The van der Waals surface area contributed by atoms with Crippen molar-refractivity contribution in [3.05, 3.63) is 60.2 Å². The van der Waals surface area contributed by atoms with Crippen LogP contribution < -0.4 is 19.1 Å². The molecule has 2 aliphatic rings. The van der Waals surface area contributed by atoms with E-state index in [2.05, 4.69) is 34.2 Å². The first kappa shape index (κ1) is 20.1. The van der Waals surface area contributed by atoms with Crippen molar-refractivity contribution >= 4 is 11.7 Å². The monoisotopic (exact) mass is 432 g/mol. The number of anilines is 1. The van der Waals surface area contributed by atoms with Crippen LogP contribution in [-0.2, 0) is 4.79 Å². The summed E-state index contributed by atoms with van der Waals surface area (Å²) in [6, 6.07) is 17.4. The summed E-state index contributed by atoms with van der Waals surface area (Å²) in [6.07, 6.45) is 0. The summed E-state index contributed by atoms with van der Waals surface area (Å²) < 4.78 is 16.3. The number of piperazine rings is 1. The molecule has 3 aromatic rings. The predicted octanol–water partition coefficient (Wildman–Crippen LogP) is 2.91. The highest BCUT2D eigenvalue weighted by atomic mass is 16.7. The van der Waals surface area contributed by atoms with Gasteiger partial charge in [-0.25, -0.2) is 0 Å².